The third kappa shape index (κ3) is 3.26. The Morgan fingerprint density at radius 2 is 1.50 bits per heavy atom. The Morgan fingerprint density at radius 1 is 0.950 bits per heavy atom. The van der Waals surface area contributed by atoms with Crippen molar-refractivity contribution in [2.45, 2.75) is 32.3 Å². The van der Waals surface area contributed by atoms with Crippen LogP contribution in [0.25, 0.3) is 0 Å². The van der Waals surface area contributed by atoms with Crippen LogP contribution in [-0.4, -0.2) is 8.42 Å². The molecule has 0 saturated carbocycles. The van der Waals surface area contributed by atoms with Crippen molar-refractivity contribution in [1.29, 1.82) is 0 Å². The van der Waals surface area contributed by atoms with Crippen molar-refractivity contribution in [3.05, 3.63) is 64.7 Å². The van der Waals surface area contributed by atoms with Crippen LogP contribution in [0.15, 0.2) is 47.4 Å². The summed E-state index contributed by atoms with van der Waals surface area (Å²) in [7, 11) is -3.74. The first-order valence-corrected chi connectivity index (χ1v) is 7.82. The summed E-state index contributed by atoms with van der Waals surface area (Å²) in [6.45, 7) is 5.58. The van der Waals surface area contributed by atoms with Gasteiger partial charge in [0, 0.05) is 0 Å². The molecule has 106 valence electrons. The number of rotatable bonds is 4. The van der Waals surface area contributed by atoms with E-state index >= 15 is 0 Å². The van der Waals surface area contributed by atoms with Gasteiger partial charge in [0.1, 0.15) is 0 Å². The van der Waals surface area contributed by atoms with Gasteiger partial charge in [-0.1, -0.05) is 48.0 Å². The van der Waals surface area contributed by atoms with Crippen LogP contribution in [0.4, 0.5) is 0 Å². The highest BCUT2D eigenvalue weighted by molar-refractivity contribution is 7.86. The topological polar surface area (TPSA) is 43.4 Å². The fraction of sp³-hybridized carbons (Fsp3) is 0.250. The van der Waals surface area contributed by atoms with E-state index in [1.165, 1.54) is 0 Å². The van der Waals surface area contributed by atoms with Crippen molar-refractivity contribution in [2.75, 3.05) is 0 Å². The van der Waals surface area contributed by atoms with Crippen molar-refractivity contribution in [1.82, 2.24) is 0 Å². The SMILES string of the molecule is Cc1cc(C)c(S(=O)(=O)OCc2ccccc2)c(C)c1. The molecule has 0 aliphatic heterocycles. The van der Waals surface area contributed by atoms with Gasteiger partial charge in [-0.05, 0) is 37.5 Å². The predicted octanol–water partition coefficient (Wildman–Crippen LogP) is 3.52. The van der Waals surface area contributed by atoms with E-state index < -0.39 is 10.1 Å². The van der Waals surface area contributed by atoms with E-state index in [-0.39, 0.29) is 11.5 Å². The minimum atomic E-state index is -3.74. The van der Waals surface area contributed by atoms with Gasteiger partial charge in [0.05, 0.1) is 11.5 Å². The fourth-order valence-electron chi connectivity index (χ4n) is 2.34. The van der Waals surface area contributed by atoms with Gasteiger partial charge >= 0.3 is 0 Å². The van der Waals surface area contributed by atoms with Crippen LogP contribution in [-0.2, 0) is 20.9 Å². The Hall–Kier alpha value is -1.65. The Morgan fingerprint density at radius 3 is 2.05 bits per heavy atom. The van der Waals surface area contributed by atoms with Gasteiger partial charge in [-0.2, -0.15) is 8.42 Å². The van der Waals surface area contributed by atoms with Crippen molar-refractivity contribution in [3.8, 4) is 0 Å². The molecular weight excluding hydrogens is 272 g/mol. The molecule has 2 aromatic carbocycles. The maximum atomic E-state index is 12.3. The highest BCUT2D eigenvalue weighted by atomic mass is 32.2. The minimum Gasteiger partial charge on any atom is -0.262 e. The van der Waals surface area contributed by atoms with E-state index in [1.807, 2.05) is 49.4 Å². The van der Waals surface area contributed by atoms with Crippen LogP contribution in [0, 0.1) is 20.8 Å². The van der Waals surface area contributed by atoms with Crippen molar-refractivity contribution >= 4 is 10.1 Å². The smallest absolute Gasteiger partial charge is 0.262 e. The molecular formula is C16H18O3S. The van der Waals surface area contributed by atoms with Gasteiger partial charge in [0.25, 0.3) is 10.1 Å². The van der Waals surface area contributed by atoms with Gasteiger partial charge in [0.15, 0.2) is 0 Å². The summed E-state index contributed by atoms with van der Waals surface area (Å²) >= 11 is 0. The van der Waals surface area contributed by atoms with Gasteiger partial charge in [-0.15, -0.1) is 0 Å². The van der Waals surface area contributed by atoms with Crippen LogP contribution >= 0.6 is 0 Å². The standard InChI is InChI=1S/C16H18O3S/c1-12-9-13(2)16(14(3)10-12)20(17,18)19-11-15-7-5-4-6-8-15/h4-10H,11H2,1-3H3. The normalized spacial score (nSPS) is 11.6. The average Bonchev–Trinajstić information content (AvgIpc) is 2.36. The first-order chi connectivity index (χ1) is 9.40. The second-order valence-corrected chi connectivity index (χ2v) is 6.48. The molecule has 0 radical (unpaired) electrons. The summed E-state index contributed by atoms with van der Waals surface area (Å²) in [5, 5.41) is 0. The molecule has 0 atom stereocenters. The molecule has 0 aromatic heterocycles. The molecule has 0 bridgehead atoms. The predicted molar refractivity (Wildman–Crippen MR) is 79.1 cm³/mol. The first kappa shape index (κ1) is 14.8. The van der Waals surface area contributed by atoms with E-state index in [2.05, 4.69) is 0 Å². The molecule has 0 heterocycles. The summed E-state index contributed by atoms with van der Waals surface area (Å²) in [5.74, 6) is 0. The summed E-state index contributed by atoms with van der Waals surface area (Å²) in [4.78, 5) is 0.277. The molecule has 0 fully saturated rings. The third-order valence-electron chi connectivity index (χ3n) is 3.08. The molecule has 20 heavy (non-hydrogen) atoms. The first-order valence-electron chi connectivity index (χ1n) is 6.41. The molecule has 0 amide bonds. The van der Waals surface area contributed by atoms with Gasteiger partial charge in [0.2, 0.25) is 0 Å². The summed E-state index contributed by atoms with van der Waals surface area (Å²) in [6, 6.07) is 13.0. The molecule has 0 N–H and O–H groups in total. The Labute approximate surface area is 120 Å². The van der Waals surface area contributed by atoms with E-state index in [9.17, 15) is 8.42 Å². The Balaban J connectivity index is 2.28. The molecule has 0 aliphatic rings. The van der Waals surface area contributed by atoms with E-state index in [4.69, 9.17) is 4.18 Å². The number of aryl methyl sites for hydroxylation is 3. The van der Waals surface area contributed by atoms with Crippen molar-refractivity contribution < 1.29 is 12.6 Å². The number of benzene rings is 2. The maximum Gasteiger partial charge on any atom is 0.297 e. The molecule has 0 aliphatic carbocycles. The quantitative estimate of drug-likeness (QED) is 0.809. The molecule has 2 rings (SSSR count). The monoisotopic (exact) mass is 290 g/mol. The summed E-state index contributed by atoms with van der Waals surface area (Å²) < 4.78 is 29.8. The van der Waals surface area contributed by atoms with Gasteiger partial charge < -0.3 is 0 Å². The third-order valence-corrected chi connectivity index (χ3v) is 4.65. The van der Waals surface area contributed by atoms with Crippen LogP contribution in [0.5, 0.6) is 0 Å². The van der Waals surface area contributed by atoms with E-state index in [0.717, 1.165) is 22.3 Å². The summed E-state index contributed by atoms with van der Waals surface area (Å²) in [5.41, 5.74) is 3.31. The van der Waals surface area contributed by atoms with Gasteiger partial charge in [-0.3, -0.25) is 4.18 Å². The van der Waals surface area contributed by atoms with E-state index in [0.29, 0.717) is 0 Å². The van der Waals surface area contributed by atoms with Crippen LogP contribution in [0.3, 0.4) is 0 Å². The minimum absolute atomic E-state index is 0.0515. The molecule has 0 spiro atoms. The molecule has 0 saturated heterocycles. The lowest BCUT2D eigenvalue weighted by Gasteiger charge is -2.12. The molecule has 0 unspecified atom stereocenters. The Bertz CT molecular complexity index is 681. The zero-order valence-electron chi connectivity index (χ0n) is 11.9. The van der Waals surface area contributed by atoms with Gasteiger partial charge in [-0.25, -0.2) is 0 Å². The second-order valence-electron chi connectivity index (χ2n) is 4.93. The maximum absolute atomic E-state index is 12.3. The molecule has 2 aromatic rings. The second kappa shape index (κ2) is 5.77. The fourth-order valence-corrected chi connectivity index (χ4v) is 3.66. The van der Waals surface area contributed by atoms with E-state index in [1.54, 1.807) is 13.8 Å². The largest absolute Gasteiger partial charge is 0.297 e. The van der Waals surface area contributed by atoms with Crippen LogP contribution < -0.4 is 0 Å². The average molecular weight is 290 g/mol. The zero-order valence-corrected chi connectivity index (χ0v) is 12.7. The highest BCUT2D eigenvalue weighted by Gasteiger charge is 2.20. The van der Waals surface area contributed by atoms with Crippen molar-refractivity contribution in [2.24, 2.45) is 0 Å². The lowest BCUT2D eigenvalue weighted by Crippen LogP contribution is -2.10. The lowest BCUT2D eigenvalue weighted by molar-refractivity contribution is 0.307. The van der Waals surface area contributed by atoms with Crippen LogP contribution in [0.2, 0.25) is 0 Å². The molecule has 3 nitrogen and oxygen atoms in total. The Kier molecular flexibility index (Phi) is 4.26. The summed E-state index contributed by atoms with van der Waals surface area (Å²) in [6.07, 6.45) is 0. The molecule has 4 heteroatoms. The van der Waals surface area contributed by atoms with Crippen LogP contribution in [0.1, 0.15) is 22.3 Å². The highest BCUT2D eigenvalue weighted by Crippen LogP contribution is 2.24. The lowest BCUT2D eigenvalue weighted by atomic mass is 10.1. The zero-order chi connectivity index (χ0) is 14.8. The van der Waals surface area contributed by atoms with Crippen molar-refractivity contribution in [3.63, 3.8) is 0 Å². The number of hydrogen-bond donors (Lipinski definition) is 0. The number of hydrogen-bond acceptors (Lipinski definition) is 3.